The van der Waals surface area contributed by atoms with Crippen LogP contribution in [0.5, 0.6) is 0 Å². The molecule has 0 saturated heterocycles. The fourth-order valence-electron chi connectivity index (χ4n) is 2.87. The summed E-state index contributed by atoms with van der Waals surface area (Å²) in [5, 5.41) is 3.94. The van der Waals surface area contributed by atoms with Crippen LogP contribution in [0.25, 0.3) is 0 Å². The van der Waals surface area contributed by atoms with Crippen LogP contribution in [-0.4, -0.2) is 36.8 Å². The van der Waals surface area contributed by atoms with Crippen molar-refractivity contribution in [3.63, 3.8) is 0 Å². The lowest BCUT2D eigenvalue weighted by Crippen LogP contribution is -2.20. The van der Waals surface area contributed by atoms with Crippen molar-refractivity contribution in [3.05, 3.63) is 96.1 Å². The third kappa shape index (κ3) is 7.89. The molecule has 0 spiro atoms. The molecule has 0 saturated carbocycles. The van der Waals surface area contributed by atoms with Crippen LogP contribution in [0.1, 0.15) is 34.6 Å². The van der Waals surface area contributed by atoms with Crippen LogP contribution in [0.15, 0.2) is 99.9 Å². The van der Waals surface area contributed by atoms with E-state index in [1.165, 1.54) is 0 Å². The number of oxime groups is 1. The number of nitrogens with zero attached hydrogens (tertiary/aromatic N) is 1. The maximum Gasteiger partial charge on any atom is 0.365 e. The SMILES string of the molecule is CCOP(C/C(=N\OC(=O)c1ccccc1)C(=O)c1ccc(Sc2ccccc2)cc1)OCC. The molecule has 3 aromatic carbocycles. The number of carbonyl (C=O) groups excluding carboxylic acids is 2. The average molecular weight is 496 g/mol. The van der Waals surface area contributed by atoms with Crippen molar-refractivity contribution in [1.82, 2.24) is 0 Å². The van der Waals surface area contributed by atoms with Gasteiger partial charge in [0.15, 0.2) is 8.38 Å². The summed E-state index contributed by atoms with van der Waals surface area (Å²) in [6.45, 7) is 4.57. The van der Waals surface area contributed by atoms with Gasteiger partial charge in [0.05, 0.1) is 24.9 Å². The minimum absolute atomic E-state index is 0.0701. The molecular formula is C26H26NO5PS. The topological polar surface area (TPSA) is 74.2 Å². The van der Waals surface area contributed by atoms with Crippen molar-refractivity contribution < 1.29 is 23.5 Å². The van der Waals surface area contributed by atoms with Gasteiger partial charge in [-0.3, -0.25) is 4.79 Å². The average Bonchev–Trinajstić information content (AvgIpc) is 2.88. The second-order valence-corrected chi connectivity index (χ2v) is 9.52. The van der Waals surface area contributed by atoms with Crippen LogP contribution < -0.4 is 0 Å². The molecule has 3 aromatic rings. The molecule has 0 aliphatic carbocycles. The van der Waals surface area contributed by atoms with Crippen molar-refractivity contribution in [3.8, 4) is 0 Å². The molecule has 6 nitrogen and oxygen atoms in total. The van der Waals surface area contributed by atoms with Crippen LogP contribution >= 0.6 is 20.1 Å². The standard InChI is InChI=1S/C26H26NO5PS/c1-3-30-33(31-4-2)19-24(27-32-26(29)21-11-7-5-8-12-21)25(28)20-15-17-23(18-16-20)34-22-13-9-6-10-14-22/h5-18H,3-4,19H2,1-2H3/b27-24+. The summed E-state index contributed by atoms with van der Waals surface area (Å²) in [5.41, 5.74) is 0.854. The van der Waals surface area contributed by atoms with Crippen LogP contribution in [0, 0.1) is 0 Å². The van der Waals surface area contributed by atoms with E-state index < -0.39 is 14.3 Å². The summed E-state index contributed by atoms with van der Waals surface area (Å²) in [6, 6.07) is 25.7. The highest BCUT2D eigenvalue weighted by Gasteiger charge is 2.23. The second-order valence-electron chi connectivity index (χ2n) is 6.88. The Hall–Kier alpha value is -2.83. The molecule has 0 aromatic heterocycles. The molecule has 0 unspecified atom stereocenters. The van der Waals surface area contributed by atoms with E-state index in [-0.39, 0.29) is 17.7 Å². The predicted octanol–water partition coefficient (Wildman–Crippen LogP) is 6.62. The Balaban J connectivity index is 1.79. The van der Waals surface area contributed by atoms with Crippen LogP contribution in [0.2, 0.25) is 0 Å². The Bertz CT molecular complexity index is 1090. The summed E-state index contributed by atoms with van der Waals surface area (Å²) in [6.07, 6.45) is 0.110. The van der Waals surface area contributed by atoms with Gasteiger partial charge < -0.3 is 13.9 Å². The highest BCUT2D eigenvalue weighted by molar-refractivity contribution is 7.99. The summed E-state index contributed by atoms with van der Waals surface area (Å²) in [5.74, 6) is -0.985. The van der Waals surface area contributed by atoms with E-state index in [4.69, 9.17) is 13.9 Å². The second kappa shape index (κ2) is 13.8. The summed E-state index contributed by atoms with van der Waals surface area (Å²) < 4.78 is 11.3. The molecular weight excluding hydrogens is 469 g/mol. The number of carbonyl (C=O) groups is 2. The summed E-state index contributed by atoms with van der Waals surface area (Å²) >= 11 is 1.60. The molecule has 176 valence electrons. The first-order chi connectivity index (χ1) is 16.6. The van der Waals surface area contributed by atoms with Crippen LogP contribution in [0.4, 0.5) is 0 Å². The molecule has 0 bridgehead atoms. The van der Waals surface area contributed by atoms with Crippen molar-refractivity contribution in [1.29, 1.82) is 0 Å². The smallest absolute Gasteiger partial charge is 0.334 e. The molecule has 0 radical (unpaired) electrons. The van der Waals surface area contributed by atoms with Gasteiger partial charge in [0.2, 0.25) is 5.78 Å². The zero-order valence-corrected chi connectivity index (χ0v) is 20.8. The van der Waals surface area contributed by atoms with E-state index in [1.807, 2.05) is 56.3 Å². The van der Waals surface area contributed by atoms with Crippen molar-refractivity contribution in [2.45, 2.75) is 23.6 Å². The minimum Gasteiger partial charge on any atom is -0.334 e. The fourth-order valence-corrected chi connectivity index (χ4v) is 4.99. The molecule has 0 aliphatic rings. The number of rotatable bonds is 12. The van der Waals surface area contributed by atoms with Gasteiger partial charge in [-0.1, -0.05) is 53.3 Å². The minimum atomic E-state index is -1.39. The van der Waals surface area contributed by atoms with Gasteiger partial charge in [-0.05, 0) is 62.4 Å². The van der Waals surface area contributed by atoms with Gasteiger partial charge in [-0.2, -0.15) is 0 Å². The van der Waals surface area contributed by atoms with Gasteiger partial charge in [0.25, 0.3) is 0 Å². The lowest BCUT2D eigenvalue weighted by Gasteiger charge is -2.16. The molecule has 0 N–H and O–H groups in total. The zero-order chi connectivity index (χ0) is 24.2. The maximum absolute atomic E-state index is 13.3. The van der Waals surface area contributed by atoms with E-state index in [0.717, 1.165) is 9.79 Å². The van der Waals surface area contributed by atoms with Crippen molar-refractivity contribution >= 4 is 37.6 Å². The lowest BCUT2D eigenvalue weighted by molar-refractivity contribution is 0.0515. The van der Waals surface area contributed by atoms with Crippen LogP contribution in [-0.2, 0) is 13.9 Å². The number of ketones is 1. The van der Waals surface area contributed by atoms with Crippen molar-refractivity contribution in [2.75, 3.05) is 19.4 Å². The van der Waals surface area contributed by atoms with E-state index >= 15 is 0 Å². The first-order valence-corrected chi connectivity index (χ1v) is 13.0. The van der Waals surface area contributed by atoms with E-state index in [9.17, 15) is 9.59 Å². The molecule has 0 atom stereocenters. The quantitative estimate of drug-likeness (QED) is 0.0924. The molecule has 0 fully saturated rings. The highest BCUT2D eigenvalue weighted by Crippen LogP contribution is 2.38. The van der Waals surface area contributed by atoms with Gasteiger partial charge in [0, 0.05) is 15.4 Å². The Labute approximate surface area is 205 Å². The molecule has 0 amide bonds. The van der Waals surface area contributed by atoms with Gasteiger partial charge >= 0.3 is 5.97 Å². The lowest BCUT2D eigenvalue weighted by atomic mass is 10.1. The number of hydrogen-bond donors (Lipinski definition) is 0. The molecule has 0 heterocycles. The summed E-state index contributed by atoms with van der Waals surface area (Å²) in [7, 11) is -1.39. The Morgan fingerprint density at radius 1 is 0.765 bits per heavy atom. The van der Waals surface area contributed by atoms with E-state index in [1.54, 1.807) is 54.2 Å². The molecule has 8 heteroatoms. The molecule has 34 heavy (non-hydrogen) atoms. The largest absolute Gasteiger partial charge is 0.365 e. The number of hydrogen-bond acceptors (Lipinski definition) is 7. The van der Waals surface area contributed by atoms with Gasteiger partial charge in [0.1, 0.15) is 5.71 Å². The molecule has 3 rings (SSSR count). The first kappa shape index (κ1) is 25.8. The fraction of sp³-hybridized carbons (Fsp3) is 0.192. The van der Waals surface area contributed by atoms with E-state index in [0.29, 0.717) is 24.3 Å². The van der Waals surface area contributed by atoms with Crippen molar-refractivity contribution in [2.24, 2.45) is 5.16 Å². The Morgan fingerprint density at radius 3 is 1.91 bits per heavy atom. The highest BCUT2D eigenvalue weighted by atomic mass is 32.2. The predicted molar refractivity (Wildman–Crippen MR) is 136 cm³/mol. The monoisotopic (exact) mass is 495 g/mol. The maximum atomic E-state index is 13.3. The van der Waals surface area contributed by atoms with Gasteiger partial charge in [-0.15, -0.1) is 0 Å². The third-order valence-corrected chi connectivity index (χ3v) is 7.10. The molecule has 0 aliphatic heterocycles. The number of benzene rings is 3. The number of Topliss-reactive ketones (excluding diaryl/α,β-unsaturated/α-hetero) is 1. The van der Waals surface area contributed by atoms with Crippen LogP contribution in [0.3, 0.4) is 0 Å². The Kier molecular flexibility index (Phi) is 10.4. The third-order valence-electron chi connectivity index (χ3n) is 4.43. The zero-order valence-electron chi connectivity index (χ0n) is 19.0. The Morgan fingerprint density at radius 2 is 1.32 bits per heavy atom. The van der Waals surface area contributed by atoms with E-state index in [2.05, 4.69) is 5.16 Å². The summed E-state index contributed by atoms with van der Waals surface area (Å²) in [4.78, 5) is 32.9. The first-order valence-electron chi connectivity index (χ1n) is 10.8. The van der Waals surface area contributed by atoms with Gasteiger partial charge in [-0.25, -0.2) is 4.79 Å². The normalized spacial score (nSPS) is 11.4.